The average molecular weight is 252 g/mol. The molecule has 0 spiro atoms. The van der Waals surface area contributed by atoms with E-state index in [0.717, 1.165) is 6.54 Å². The van der Waals surface area contributed by atoms with Crippen molar-refractivity contribution >= 4 is 11.3 Å². The van der Waals surface area contributed by atoms with E-state index >= 15 is 0 Å². The minimum absolute atomic E-state index is 0.550. The standard InChI is InChI=1S/C14H24N2S/c1-10(2)16-7-4-5-12(9-15)13(16)14-11(3)6-8-17-14/h6,8,10,12-13H,4-5,7,9,15H2,1-3H3. The maximum atomic E-state index is 5.99. The number of piperidine rings is 1. The first-order valence-electron chi connectivity index (χ1n) is 6.65. The molecule has 1 saturated heterocycles. The monoisotopic (exact) mass is 252 g/mol. The van der Waals surface area contributed by atoms with Gasteiger partial charge in [0.15, 0.2) is 0 Å². The van der Waals surface area contributed by atoms with E-state index in [1.165, 1.54) is 29.8 Å². The Bertz CT molecular complexity index is 359. The van der Waals surface area contributed by atoms with Gasteiger partial charge in [0.25, 0.3) is 0 Å². The maximum absolute atomic E-state index is 5.99. The fraction of sp³-hybridized carbons (Fsp3) is 0.714. The first-order valence-corrected chi connectivity index (χ1v) is 7.53. The Morgan fingerprint density at radius 3 is 2.82 bits per heavy atom. The average Bonchev–Trinajstić information content (AvgIpc) is 2.74. The van der Waals surface area contributed by atoms with Gasteiger partial charge < -0.3 is 5.73 Å². The van der Waals surface area contributed by atoms with Gasteiger partial charge in [-0.1, -0.05) is 0 Å². The van der Waals surface area contributed by atoms with Crippen molar-refractivity contribution in [2.45, 2.75) is 45.7 Å². The number of rotatable bonds is 3. The predicted octanol–water partition coefficient (Wildman–Crippen LogP) is 3.18. The predicted molar refractivity (Wildman–Crippen MR) is 75.4 cm³/mol. The molecule has 1 fully saturated rings. The van der Waals surface area contributed by atoms with Gasteiger partial charge in [-0.15, -0.1) is 11.3 Å². The minimum atomic E-state index is 0.550. The third kappa shape index (κ3) is 2.56. The highest BCUT2D eigenvalue weighted by molar-refractivity contribution is 7.10. The van der Waals surface area contributed by atoms with Gasteiger partial charge in [-0.05, 0) is 69.6 Å². The van der Waals surface area contributed by atoms with E-state index in [0.29, 0.717) is 18.0 Å². The van der Waals surface area contributed by atoms with Crippen LogP contribution >= 0.6 is 11.3 Å². The van der Waals surface area contributed by atoms with Crippen molar-refractivity contribution in [2.24, 2.45) is 11.7 Å². The molecule has 0 radical (unpaired) electrons. The highest BCUT2D eigenvalue weighted by atomic mass is 32.1. The van der Waals surface area contributed by atoms with Crippen molar-refractivity contribution in [1.29, 1.82) is 0 Å². The van der Waals surface area contributed by atoms with Crippen molar-refractivity contribution in [3.63, 3.8) is 0 Å². The summed E-state index contributed by atoms with van der Waals surface area (Å²) in [4.78, 5) is 4.17. The normalized spacial score (nSPS) is 26.6. The summed E-state index contributed by atoms with van der Waals surface area (Å²) in [6.07, 6.45) is 2.57. The second-order valence-corrected chi connectivity index (χ2v) is 6.33. The third-order valence-electron chi connectivity index (χ3n) is 3.93. The molecule has 2 rings (SSSR count). The largest absolute Gasteiger partial charge is 0.330 e. The Hall–Kier alpha value is -0.380. The lowest BCUT2D eigenvalue weighted by molar-refractivity contribution is 0.0684. The summed E-state index contributed by atoms with van der Waals surface area (Å²) in [5.74, 6) is 0.628. The van der Waals surface area contributed by atoms with Gasteiger partial charge in [-0.2, -0.15) is 0 Å². The Morgan fingerprint density at radius 1 is 1.53 bits per heavy atom. The summed E-state index contributed by atoms with van der Waals surface area (Å²) in [5.41, 5.74) is 7.43. The molecule has 17 heavy (non-hydrogen) atoms. The molecule has 1 aliphatic heterocycles. The second-order valence-electron chi connectivity index (χ2n) is 5.38. The van der Waals surface area contributed by atoms with Crippen LogP contribution in [0.2, 0.25) is 0 Å². The molecule has 3 heteroatoms. The zero-order valence-corrected chi connectivity index (χ0v) is 12.0. The fourth-order valence-electron chi connectivity index (χ4n) is 2.98. The molecule has 1 aromatic rings. The summed E-state index contributed by atoms with van der Waals surface area (Å²) in [7, 11) is 0. The van der Waals surface area contributed by atoms with Crippen LogP contribution in [0.5, 0.6) is 0 Å². The molecule has 1 aromatic heterocycles. The molecular weight excluding hydrogens is 228 g/mol. The Labute approximate surface area is 109 Å². The van der Waals surface area contributed by atoms with E-state index in [4.69, 9.17) is 5.73 Å². The van der Waals surface area contributed by atoms with Crippen LogP contribution in [0.1, 0.15) is 43.2 Å². The van der Waals surface area contributed by atoms with E-state index in [1.807, 2.05) is 11.3 Å². The highest BCUT2D eigenvalue weighted by Crippen LogP contribution is 2.40. The Morgan fingerprint density at radius 2 is 2.29 bits per heavy atom. The molecule has 2 heterocycles. The van der Waals surface area contributed by atoms with Crippen molar-refractivity contribution in [3.8, 4) is 0 Å². The zero-order chi connectivity index (χ0) is 12.4. The van der Waals surface area contributed by atoms with Crippen molar-refractivity contribution in [3.05, 3.63) is 21.9 Å². The van der Waals surface area contributed by atoms with E-state index < -0.39 is 0 Å². The van der Waals surface area contributed by atoms with Crippen LogP contribution < -0.4 is 5.73 Å². The molecule has 2 N–H and O–H groups in total. The van der Waals surface area contributed by atoms with Crippen molar-refractivity contribution < 1.29 is 0 Å². The third-order valence-corrected chi connectivity index (χ3v) is 5.02. The summed E-state index contributed by atoms with van der Waals surface area (Å²) in [6.45, 7) is 8.86. The van der Waals surface area contributed by atoms with Crippen LogP contribution in [-0.4, -0.2) is 24.0 Å². The van der Waals surface area contributed by atoms with Crippen molar-refractivity contribution in [2.75, 3.05) is 13.1 Å². The minimum Gasteiger partial charge on any atom is -0.330 e. The van der Waals surface area contributed by atoms with Gasteiger partial charge in [0.1, 0.15) is 0 Å². The summed E-state index contributed by atoms with van der Waals surface area (Å²) in [5, 5.41) is 2.21. The van der Waals surface area contributed by atoms with E-state index in [-0.39, 0.29) is 0 Å². The van der Waals surface area contributed by atoms with Crippen LogP contribution in [0.15, 0.2) is 11.4 Å². The lowest BCUT2D eigenvalue weighted by Crippen LogP contribution is -2.44. The fourth-order valence-corrected chi connectivity index (χ4v) is 4.12. The number of thiophene rings is 1. The molecule has 1 aliphatic rings. The van der Waals surface area contributed by atoms with Gasteiger partial charge >= 0.3 is 0 Å². The van der Waals surface area contributed by atoms with Gasteiger partial charge in [0, 0.05) is 17.0 Å². The van der Waals surface area contributed by atoms with Crippen LogP contribution in [0.25, 0.3) is 0 Å². The lowest BCUT2D eigenvalue weighted by Gasteiger charge is -2.43. The molecule has 0 bridgehead atoms. The molecule has 0 aromatic carbocycles. The van der Waals surface area contributed by atoms with E-state index in [1.54, 1.807) is 0 Å². The first-order chi connectivity index (χ1) is 8.15. The quantitative estimate of drug-likeness (QED) is 0.895. The van der Waals surface area contributed by atoms with Gasteiger partial charge in [-0.3, -0.25) is 4.90 Å². The number of nitrogens with two attached hydrogens (primary N) is 1. The number of hydrogen-bond donors (Lipinski definition) is 1. The first kappa shape index (κ1) is 13.1. The number of likely N-dealkylation sites (tertiary alicyclic amines) is 1. The molecule has 2 nitrogen and oxygen atoms in total. The topological polar surface area (TPSA) is 29.3 Å². The highest BCUT2D eigenvalue weighted by Gasteiger charge is 2.34. The van der Waals surface area contributed by atoms with E-state index in [2.05, 4.69) is 37.1 Å². The molecule has 0 aliphatic carbocycles. The Balaban J connectivity index is 2.32. The summed E-state index contributed by atoms with van der Waals surface area (Å²) >= 11 is 1.90. The van der Waals surface area contributed by atoms with Crippen LogP contribution in [0, 0.1) is 12.8 Å². The molecular formula is C14H24N2S. The van der Waals surface area contributed by atoms with Crippen LogP contribution in [0.4, 0.5) is 0 Å². The maximum Gasteiger partial charge on any atom is 0.0487 e. The number of hydrogen-bond acceptors (Lipinski definition) is 3. The van der Waals surface area contributed by atoms with E-state index in [9.17, 15) is 0 Å². The van der Waals surface area contributed by atoms with Crippen LogP contribution in [-0.2, 0) is 0 Å². The molecule has 2 atom stereocenters. The lowest BCUT2D eigenvalue weighted by atomic mass is 9.86. The molecule has 0 amide bonds. The Kier molecular flexibility index (Phi) is 4.23. The second kappa shape index (κ2) is 5.51. The van der Waals surface area contributed by atoms with Gasteiger partial charge in [0.05, 0.1) is 0 Å². The molecule has 0 saturated carbocycles. The summed E-state index contributed by atoms with van der Waals surface area (Å²) in [6, 6.07) is 3.39. The SMILES string of the molecule is Cc1ccsc1C1C(CN)CCCN1C(C)C. The smallest absolute Gasteiger partial charge is 0.0487 e. The summed E-state index contributed by atoms with van der Waals surface area (Å²) < 4.78 is 0. The van der Waals surface area contributed by atoms with Crippen molar-refractivity contribution in [1.82, 2.24) is 4.90 Å². The zero-order valence-electron chi connectivity index (χ0n) is 11.1. The number of nitrogens with zero attached hydrogens (tertiary/aromatic N) is 1. The number of aryl methyl sites for hydroxylation is 1. The van der Waals surface area contributed by atoms with Gasteiger partial charge in [-0.25, -0.2) is 0 Å². The molecule has 96 valence electrons. The van der Waals surface area contributed by atoms with Gasteiger partial charge in [0.2, 0.25) is 0 Å². The molecule has 2 unspecified atom stereocenters. The van der Waals surface area contributed by atoms with Crippen LogP contribution in [0.3, 0.4) is 0 Å².